The SMILES string of the molecule is CNS(=O)(=O)c1ccccc1NC(C)C. The molecule has 15 heavy (non-hydrogen) atoms. The summed E-state index contributed by atoms with van der Waals surface area (Å²) in [5.74, 6) is 0. The maximum atomic E-state index is 11.7. The van der Waals surface area contributed by atoms with Gasteiger partial charge in [0, 0.05) is 6.04 Å². The lowest BCUT2D eigenvalue weighted by Gasteiger charge is -2.14. The Labute approximate surface area is 90.8 Å². The van der Waals surface area contributed by atoms with Crippen LogP contribution in [0.4, 0.5) is 5.69 Å². The Bertz CT molecular complexity index is 427. The quantitative estimate of drug-likeness (QED) is 0.819. The van der Waals surface area contributed by atoms with Crippen molar-refractivity contribution >= 4 is 15.7 Å². The molecule has 0 aliphatic heterocycles. The van der Waals surface area contributed by atoms with Gasteiger partial charge in [-0.1, -0.05) is 12.1 Å². The van der Waals surface area contributed by atoms with E-state index in [1.54, 1.807) is 24.3 Å². The first-order valence-corrected chi connectivity index (χ1v) is 6.25. The first-order valence-electron chi connectivity index (χ1n) is 4.76. The molecule has 0 radical (unpaired) electrons. The minimum atomic E-state index is -3.39. The summed E-state index contributed by atoms with van der Waals surface area (Å²) >= 11 is 0. The van der Waals surface area contributed by atoms with Gasteiger partial charge in [0.15, 0.2) is 0 Å². The van der Waals surface area contributed by atoms with Gasteiger partial charge in [-0.15, -0.1) is 0 Å². The molecule has 0 bridgehead atoms. The molecule has 1 rings (SSSR count). The summed E-state index contributed by atoms with van der Waals surface area (Å²) in [5.41, 5.74) is 0.627. The monoisotopic (exact) mass is 228 g/mol. The van der Waals surface area contributed by atoms with Crippen molar-refractivity contribution in [2.45, 2.75) is 24.8 Å². The van der Waals surface area contributed by atoms with E-state index in [0.717, 1.165) is 0 Å². The summed E-state index contributed by atoms with van der Waals surface area (Å²) < 4.78 is 25.6. The molecule has 0 unspecified atom stereocenters. The van der Waals surface area contributed by atoms with Crippen LogP contribution in [-0.2, 0) is 10.0 Å². The normalized spacial score (nSPS) is 11.7. The van der Waals surface area contributed by atoms with Gasteiger partial charge in [-0.05, 0) is 33.0 Å². The van der Waals surface area contributed by atoms with Gasteiger partial charge in [-0.3, -0.25) is 0 Å². The number of anilines is 1. The van der Waals surface area contributed by atoms with Gasteiger partial charge in [0.25, 0.3) is 0 Å². The predicted octanol–water partition coefficient (Wildman–Crippen LogP) is 1.41. The number of hydrogen-bond acceptors (Lipinski definition) is 3. The number of benzene rings is 1. The Hall–Kier alpha value is -1.07. The van der Waals surface area contributed by atoms with Crippen LogP contribution in [0.15, 0.2) is 29.2 Å². The third kappa shape index (κ3) is 2.94. The van der Waals surface area contributed by atoms with Crippen molar-refractivity contribution in [1.29, 1.82) is 0 Å². The highest BCUT2D eigenvalue weighted by Crippen LogP contribution is 2.20. The molecule has 84 valence electrons. The Morgan fingerprint density at radius 2 is 1.80 bits per heavy atom. The van der Waals surface area contributed by atoms with Gasteiger partial charge in [0.2, 0.25) is 10.0 Å². The average Bonchev–Trinajstić information content (AvgIpc) is 2.17. The Morgan fingerprint density at radius 3 is 2.33 bits per heavy atom. The van der Waals surface area contributed by atoms with Crippen molar-refractivity contribution in [2.75, 3.05) is 12.4 Å². The molecule has 0 amide bonds. The number of hydrogen-bond donors (Lipinski definition) is 2. The van der Waals surface area contributed by atoms with Crippen molar-refractivity contribution in [3.05, 3.63) is 24.3 Å². The van der Waals surface area contributed by atoms with Gasteiger partial charge < -0.3 is 5.32 Å². The lowest BCUT2D eigenvalue weighted by atomic mass is 10.3. The van der Waals surface area contributed by atoms with E-state index >= 15 is 0 Å². The van der Waals surface area contributed by atoms with Crippen LogP contribution in [0.1, 0.15) is 13.8 Å². The molecule has 4 nitrogen and oxygen atoms in total. The molecule has 0 aliphatic rings. The molecule has 0 saturated heterocycles. The van der Waals surface area contributed by atoms with E-state index in [1.165, 1.54) is 7.05 Å². The van der Waals surface area contributed by atoms with Crippen molar-refractivity contribution < 1.29 is 8.42 Å². The molecule has 0 spiro atoms. The third-order valence-electron chi connectivity index (χ3n) is 1.89. The fourth-order valence-corrected chi connectivity index (χ4v) is 2.14. The second-order valence-electron chi connectivity index (χ2n) is 3.50. The zero-order chi connectivity index (χ0) is 11.5. The molecular formula is C10H16N2O2S. The molecule has 0 atom stereocenters. The van der Waals surface area contributed by atoms with Crippen molar-refractivity contribution in [2.24, 2.45) is 0 Å². The molecule has 1 aromatic carbocycles. The van der Waals surface area contributed by atoms with E-state index in [0.29, 0.717) is 5.69 Å². The third-order valence-corrected chi connectivity index (χ3v) is 3.36. The van der Waals surface area contributed by atoms with Crippen LogP contribution in [0.5, 0.6) is 0 Å². The van der Waals surface area contributed by atoms with Gasteiger partial charge in [-0.2, -0.15) is 0 Å². The highest BCUT2D eigenvalue weighted by atomic mass is 32.2. The topological polar surface area (TPSA) is 58.2 Å². The summed E-state index contributed by atoms with van der Waals surface area (Å²) in [4.78, 5) is 0.279. The van der Waals surface area contributed by atoms with Crippen LogP contribution in [0.3, 0.4) is 0 Å². The molecule has 2 N–H and O–H groups in total. The molecule has 0 fully saturated rings. The Morgan fingerprint density at radius 1 is 1.20 bits per heavy atom. The Balaban J connectivity index is 3.18. The van der Waals surface area contributed by atoms with E-state index in [-0.39, 0.29) is 10.9 Å². The van der Waals surface area contributed by atoms with Gasteiger partial charge >= 0.3 is 0 Å². The highest BCUT2D eigenvalue weighted by Gasteiger charge is 2.15. The fourth-order valence-electron chi connectivity index (χ4n) is 1.24. The van der Waals surface area contributed by atoms with Crippen LogP contribution >= 0.6 is 0 Å². The lowest BCUT2D eigenvalue weighted by Crippen LogP contribution is -2.21. The number of rotatable bonds is 4. The van der Waals surface area contributed by atoms with Crippen LogP contribution < -0.4 is 10.0 Å². The second-order valence-corrected chi connectivity index (χ2v) is 5.36. The molecular weight excluding hydrogens is 212 g/mol. The molecule has 0 saturated carbocycles. The highest BCUT2D eigenvalue weighted by molar-refractivity contribution is 7.89. The number of nitrogens with one attached hydrogen (secondary N) is 2. The minimum Gasteiger partial charge on any atom is -0.382 e. The fraction of sp³-hybridized carbons (Fsp3) is 0.400. The molecule has 0 heterocycles. The molecule has 0 aromatic heterocycles. The molecule has 5 heteroatoms. The standard InChI is InChI=1S/C10H16N2O2S/c1-8(2)12-9-6-4-5-7-10(9)15(13,14)11-3/h4-8,11-12H,1-3H3. The number of sulfonamides is 1. The maximum absolute atomic E-state index is 11.7. The molecule has 0 aliphatic carbocycles. The van der Waals surface area contributed by atoms with Gasteiger partial charge in [0.1, 0.15) is 4.90 Å². The summed E-state index contributed by atoms with van der Waals surface area (Å²) in [7, 11) is -1.98. The number of para-hydroxylation sites is 1. The van der Waals surface area contributed by atoms with Crippen LogP contribution in [0, 0.1) is 0 Å². The van der Waals surface area contributed by atoms with Gasteiger partial charge in [-0.25, -0.2) is 13.1 Å². The van der Waals surface area contributed by atoms with E-state index < -0.39 is 10.0 Å². The van der Waals surface area contributed by atoms with Crippen LogP contribution in [0.25, 0.3) is 0 Å². The minimum absolute atomic E-state index is 0.193. The van der Waals surface area contributed by atoms with E-state index in [4.69, 9.17) is 0 Å². The summed E-state index contributed by atoms with van der Waals surface area (Å²) in [6, 6.07) is 7.04. The van der Waals surface area contributed by atoms with Gasteiger partial charge in [0.05, 0.1) is 5.69 Å². The van der Waals surface area contributed by atoms with Crippen molar-refractivity contribution in [1.82, 2.24) is 4.72 Å². The Kier molecular flexibility index (Phi) is 3.71. The summed E-state index contributed by atoms with van der Waals surface area (Å²) in [6.45, 7) is 3.92. The molecule has 1 aromatic rings. The second kappa shape index (κ2) is 4.63. The maximum Gasteiger partial charge on any atom is 0.242 e. The average molecular weight is 228 g/mol. The zero-order valence-corrected chi connectivity index (χ0v) is 9.93. The van der Waals surface area contributed by atoms with E-state index in [9.17, 15) is 8.42 Å². The lowest BCUT2D eigenvalue weighted by molar-refractivity contribution is 0.588. The van der Waals surface area contributed by atoms with Crippen molar-refractivity contribution in [3.63, 3.8) is 0 Å². The van der Waals surface area contributed by atoms with Crippen LogP contribution in [0.2, 0.25) is 0 Å². The van der Waals surface area contributed by atoms with E-state index in [1.807, 2.05) is 13.8 Å². The smallest absolute Gasteiger partial charge is 0.242 e. The summed E-state index contributed by atoms with van der Waals surface area (Å²) in [5, 5.41) is 3.09. The summed E-state index contributed by atoms with van der Waals surface area (Å²) in [6.07, 6.45) is 0. The van der Waals surface area contributed by atoms with E-state index in [2.05, 4.69) is 10.0 Å². The zero-order valence-electron chi connectivity index (χ0n) is 9.11. The largest absolute Gasteiger partial charge is 0.382 e. The first-order chi connectivity index (χ1) is 6.97. The predicted molar refractivity (Wildman–Crippen MR) is 61.4 cm³/mol. The van der Waals surface area contributed by atoms with Crippen LogP contribution in [-0.4, -0.2) is 21.5 Å². The first kappa shape index (κ1) is 12.0. The van der Waals surface area contributed by atoms with Crippen molar-refractivity contribution in [3.8, 4) is 0 Å².